The van der Waals surface area contributed by atoms with Crippen molar-refractivity contribution in [3.05, 3.63) is 10.5 Å². The zero-order valence-corrected chi connectivity index (χ0v) is 19.3. The number of rotatable bonds is 8. The van der Waals surface area contributed by atoms with Crippen molar-refractivity contribution in [3.63, 3.8) is 0 Å². The van der Waals surface area contributed by atoms with Crippen LogP contribution in [0.15, 0.2) is 6.20 Å². The molecule has 0 unspecified atom stereocenters. The van der Waals surface area contributed by atoms with Crippen LogP contribution in [0.5, 0.6) is 0 Å². The molecule has 2 N–H and O–H groups in total. The molecule has 1 aliphatic heterocycles. The Labute approximate surface area is 192 Å². The summed E-state index contributed by atoms with van der Waals surface area (Å²) in [6, 6.07) is 0.179. The quantitative estimate of drug-likeness (QED) is 0.540. The van der Waals surface area contributed by atoms with E-state index in [1.54, 1.807) is 0 Å². The first kappa shape index (κ1) is 23.8. The fourth-order valence-corrected chi connectivity index (χ4v) is 5.36. The number of hydrogen-bond acceptors (Lipinski definition) is 5. The molecule has 31 heavy (non-hydrogen) atoms. The van der Waals surface area contributed by atoms with E-state index in [2.05, 4.69) is 10.3 Å². The van der Waals surface area contributed by atoms with Crippen molar-refractivity contribution in [2.24, 2.45) is 0 Å². The Morgan fingerprint density at radius 3 is 2.35 bits per heavy atom. The summed E-state index contributed by atoms with van der Waals surface area (Å²) < 4.78 is 0.537. The van der Waals surface area contributed by atoms with Gasteiger partial charge in [0.2, 0.25) is 5.91 Å². The molecule has 0 atom stereocenters. The molecule has 2 aliphatic rings. The number of carbonyl (C=O) groups excluding carboxylic acids is 2. The van der Waals surface area contributed by atoms with Crippen molar-refractivity contribution in [2.75, 3.05) is 18.4 Å². The van der Waals surface area contributed by atoms with Crippen LogP contribution >= 0.6 is 22.9 Å². The molecule has 1 aromatic heterocycles. The number of likely N-dealkylation sites (tertiary alicyclic amines) is 1. The maximum absolute atomic E-state index is 13.2. The van der Waals surface area contributed by atoms with Crippen LogP contribution in [0.1, 0.15) is 70.6 Å². The molecule has 1 saturated carbocycles. The van der Waals surface area contributed by atoms with Crippen molar-refractivity contribution in [1.29, 1.82) is 0 Å². The molecule has 10 heteroatoms. The molecule has 3 rings (SSSR count). The number of carboxylic acids is 1. The Kier molecular flexibility index (Phi) is 8.95. The average Bonchev–Trinajstić information content (AvgIpc) is 3.17. The normalized spacial score (nSPS) is 18.0. The fraction of sp³-hybridized carbons (Fsp3) is 0.714. The van der Waals surface area contributed by atoms with E-state index in [4.69, 9.17) is 16.7 Å². The Balaban J connectivity index is 1.55. The van der Waals surface area contributed by atoms with Crippen molar-refractivity contribution < 1.29 is 19.5 Å². The highest BCUT2D eigenvalue weighted by atomic mass is 35.5. The van der Waals surface area contributed by atoms with Crippen LogP contribution in [0.4, 0.5) is 9.93 Å². The van der Waals surface area contributed by atoms with Crippen LogP contribution in [0.3, 0.4) is 0 Å². The molecule has 172 valence electrons. The molecule has 0 aromatic carbocycles. The summed E-state index contributed by atoms with van der Waals surface area (Å²) in [5.74, 6) is -0.746. The van der Waals surface area contributed by atoms with E-state index in [0.717, 1.165) is 38.5 Å². The number of aliphatic carboxylic acids is 1. The summed E-state index contributed by atoms with van der Waals surface area (Å²) in [4.78, 5) is 44.3. The van der Waals surface area contributed by atoms with Crippen LogP contribution in [-0.2, 0) is 9.59 Å². The first-order chi connectivity index (χ1) is 14.9. The van der Waals surface area contributed by atoms with Gasteiger partial charge in [-0.1, -0.05) is 42.2 Å². The van der Waals surface area contributed by atoms with Gasteiger partial charge >= 0.3 is 12.0 Å². The van der Waals surface area contributed by atoms with Crippen molar-refractivity contribution in [3.8, 4) is 0 Å². The van der Waals surface area contributed by atoms with E-state index < -0.39 is 5.97 Å². The molecule has 0 bridgehead atoms. The predicted octanol–water partition coefficient (Wildman–Crippen LogP) is 4.60. The lowest BCUT2D eigenvalue weighted by atomic mass is 9.91. The fourth-order valence-electron chi connectivity index (χ4n) is 4.56. The molecule has 3 amide bonds. The number of unbranched alkanes of at least 4 members (excludes halogenated alkanes) is 1. The number of piperidine rings is 1. The molecule has 1 aliphatic carbocycles. The standard InChI is InChI=1S/C21H31ClN4O4S/c22-17-14-23-20(31-17)24-21(30)26(15-6-2-1-3-7-15)16-10-12-25(13-11-16)18(27)8-4-5-9-19(28)29/h14-16H,1-13H2,(H,28,29)(H,23,24,30). The van der Waals surface area contributed by atoms with E-state index in [1.807, 2.05) is 9.80 Å². The Bertz CT molecular complexity index is 760. The average molecular weight is 471 g/mol. The first-order valence-electron chi connectivity index (χ1n) is 11.1. The highest BCUT2D eigenvalue weighted by Gasteiger charge is 2.35. The second-order valence-corrected chi connectivity index (χ2v) is 9.97. The minimum absolute atomic E-state index is 0.0786. The third kappa shape index (κ3) is 7.07. The zero-order valence-electron chi connectivity index (χ0n) is 17.7. The Hall–Kier alpha value is -1.87. The van der Waals surface area contributed by atoms with Gasteiger partial charge in [-0.05, 0) is 38.5 Å². The summed E-state index contributed by atoms with van der Waals surface area (Å²) in [6.07, 6.45) is 10.1. The molecule has 8 nitrogen and oxygen atoms in total. The number of thiazole rings is 1. The van der Waals surface area contributed by atoms with Gasteiger partial charge in [-0.3, -0.25) is 14.9 Å². The summed E-state index contributed by atoms with van der Waals surface area (Å²) in [6.45, 7) is 1.25. The van der Waals surface area contributed by atoms with E-state index in [0.29, 0.717) is 41.8 Å². The second kappa shape index (κ2) is 11.7. The van der Waals surface area contributed by atoms with Crippen molar-refractivity contribution in [2.45, 2.75) is 82.7 Å². The van der Waals surface area contributed by atoms with Gasteiger partial charge < -0.3 is 14.9 Å². The summed E-state index contributed by atoms with van der Waals surface area (Å²) >= 11 is 7.20. The number of halogens is 1. The van der Waals surface area contributed by atoms with Gasteiger partial charge in [-0.15, -0.1) is 0 Å². The van der Waals surface area contributed by atoms with Crippen LogP contribution in [-0.4, -0.2) is 63.0 Å². The van der Waals surface area contributed by atoms with Gasteiger partial charge in [-0.25, -0.2) is 9.78 Å². The van der Waals surface area contributed by atoms with E-state index >= 15 is 0 Å². The number of urea groups is 1. The summed E-state index contributed by atoms with van der Waals surface area (Å²) in [7, 11) is 0. The molecule has 1 saturated heterocycles. The minimum Gasteiger partial charge on any atom is -0.481 e. The van der Waals surface area contributed by atoms with Crippen LogP contribution in [0.25, 0.3) is 0 Å². The Morgan fingerprint density at radius 2 is 1.74 bits per heavy atom. The maximum atomic E-state index is 13.2. The zero-order chi connectivity index (χ0) is 22.2. The highest BCUT2D eigenvalue weighted by molar-refractivity contribution is 7.19. The number of aromatic nitrogens is 1. The van der Waals surface area contributed by atoms with Crippen molar-refractivity contribution >= 4 is 46.0 Å². The smallest absolute Gasteiger partial charge is 0.324 e. The van der Waals surface area contributed by atoms with Gasteiger partial charge in [0.05, 0.1) is 6.20 Å². The van der Waals surface area contributed by atoms with Gasteiger partial charge in [0.15, 0.2) is 5.13 Å². The molecule has 0 radical (unpaired) electrons. The van der Waals surface area contributed by atoms with Gasteiger partial charge in [0.25, 0.3) is 0 Å². The molecular weight excluding hydrogens is 440 g/mol. The lowest BCUT2D eigenvalue weighted by molar-refractivity contribution is -0.138. The SMILES string of the molecule is O=C(O)CCCCC(=O)N1CCC(N(C(=O)Nc2ncc(Cl)s2)C2CCCCC2)CC1. The highest BCUT2D eigenvalue weighted by Crippen LogP contribution is 2.30. The first-order valence-corrected chi connectivity index (χ1v) is 12.3. The summed E-state index contributed by atoms with van der Waals surface area (Å²) in [5.41, 5.74) is 0. The molecule has 0 spiro atoms. The topological polar surface area (TPSA) is 103 Å². The molecular formula is C21H31ClN4O4S. The van der Waals surface area contributed by atoms with Gasteiger partial charge in [-0.2, -0.15) is 0 Å². The van der Waals surface area contributed by atoms with E-state index in [9.17, 15) is 14.4 Å². The number of anilines is 1. The second-order valence-electron chi connectivity index (χ2n) is 8.31. The lowest BCUT2D eigenvalue weighted by Crippen LogP contribution is -2.54. The van der Waals surface area contributed by atoms with Gasteiger partial charge in [0.1, 0.15) is 4.34 Å². The number of amides is 3. The monoisotopic (exact) mass is 470 g/mol. The number of carbonyl (C=O) groups is 3. The van der Waals surface area contributed by atoms with Gasteiger partial charge in [0, 0.05) is 38.0 Å². The third-order valence-corrected chi connectivity index (χ3v) is 7.17. The van der Waals surface area contributed by atoms with Crippen LogP contribution in [0, 0.1) is 0 Å². The summed E-state index contributed by atoms with van der Waals surface area (Å²) in [5, 5.41) is 12.1. The van der Waals surface area contributed by atoms with E-state index in [1.165, 1.54) is 24.0 Å². The van der Waals surface area contributed by atoms with Crippen molar-refractivity contribution in [1.82, 2.24) is 14.8 Å². The minimum atomic E-state index is -0.825. The molecule has 2 heterocycles. The van der Waals surface area contributed by atoms with Crippen LogP contribution < -0.4 is 5.32 Å². The number of nitrogens with zero attached hydrogens (tertiary/aromatic N) is 3. The lowest BCUT2D eigenvalue weighted by Gasteiger charge is -2.43. The van der Waals surface area contributed by atoms with Crippen LogP contribution in [0.2, 0.25) is 4.34 Å². The predicted molar refractivity (Wildman–Crippen MR) is 121 cm³/mol. The number of hydrogen-bond donors (Lipinski definition) is 2. The number of carboxylic acid groups (broad SMARTS) is 1. The van der Waals surface area contributed by atoms with E-state index in [-0.39, 0.29) is 30.4 Å². The Morgan fingerprint density at radius 1 is 1.10 bits per heavy atom. The maximum Gasteiger partial charge on any atom is 0.324 e. The molecule has 1 aromatic rings. The molecule has 2 fully saturated rings. The number of nitrogens with one attached hydrogen (secondary N) is 1. The third-order valence-electron chi connectivity index (χ3n) is 6.14. The largest absolute Gasteiger partial charge is 0.481 e.